The molecule has 0 saturated carbocycles. The van der Waals surface area contributed by atoms with Gasteiger partial charge < -0.3 is 9.30 Å². The number of rotatable bonds is 4. The number of carbonyl (C=O) groups excluding carboxylic acids is 1. The molecule has 0 radical (unpaired) electrons. The number of aromatic nitrogens is 1. The second-order valence-corrected chi connectivity index (χ2v) is 6.00. The monoisotopic (exact) mass is 315 g/mol. The number of hydrogen-bond donors (Lipinski definition) is 0. The number of esters is 1. The van der Waals surface area contributed by atoms with Gasteiger partial charge in [-0.3, -0.25) is 4.79 Å². The predicted molar refractivity (Wildman–Crippen MR) is 89.8 cm³/mol. The van der Waals surface area contributed by atoms with Crippen LogP contribution in [0.1, 0.15) is 30.6 Å². The fraction of sp³-hybridized carbons (Fsp3) is 0.294. The van der Waals surface area contributed by atoms with Gasteiger partial charge in [-0.2, -0.15) is 0 Å². The Morgan fingerprint density at radius 2 is 2.09 bits per heavy atom. The molecule has 3 aromatic rings. The van der Waals surface area contributed by atoms with Gasteiger partial charge in [0, 0.05) is 17.4 Å². The molecule has 0 spiro atoms. The Balaban J connectivity index is 2.40. The molecule has 0 unspecified atom stereocenters. The van der Waals surface area contributed by atoms with Gasteiger partial charge in [-0.1, -0.05) is 13.0 Å². The molecule has 0 saturated heterocycles. The Morgan fingerprint density at radius 3 is 2.82 bits per heavy atom. The first-order valence-corrected chi connectivity index (χ1v) is 8.25. The molecule has 5 heteroatoms. The average molecular weight is 315 g/mol. The zero-order chi connectivity index (χ0) is 15.7. The zero-order valence-corrected chi connectivity index (χ0v) is 13.4. The van der Waals surface area contributed by atoms with Gasteiger partial charge in [0.05, 0.1) is 17.5 Å². The molecule has 1 aromatic carbocycles. The molecule has 0 aliphatic carbocycles. The first-order valence-electron chi connectivity index (χ1n) is 7.37. The standard InChI is InChI=1S/C17H17NO3S/c1-3-8-18-10-12(17(20)21-4-2)15(19)14-13(18)6-5-11-7-9-22-16(11)14/h5-7,9-10H,3-4,8H2,1-2H3. The highest BCUT2D eigenvalue weighted by molar-refractivity contribution is 7.18. The van der Waals surface area contributed by atoms with Crippen LogP contribution in [0.25, 0.3) is 21.0 Å². The van der Waals surface area contributed by atoms with Crippen molar-refractivity contribution in [2.24, 2.45) is 0 Å². The number of thiophene rings is 1. The summed E-state index contributed by atoms with van der Waals surface area (Å²) in [6.45, 7) is 4.81. The largest absolute Gasteiger partial charge is 0.462 e. The topological polar surface area (TPSA) is 48.3 Å². The summed E-state index contributed by atoms with van der Waals surface area (Å²) in [7, 11) is 0. The van der Waals surface area contributed by atoms with Crippen molar-refractivity contribution in [3.8, 4) is 0 Å². The number of hydrogen-bond acceptors (Lipinski definition) is 4. The van der Waals surface area contributed by atoms with Crippen LogP contribution in [0.5, 0.6) is 0 Å². The summed E-state index contributed by atoms with van der Waals surface area (Å²) < 4.78 is 7.94. The third kappa shape index (κ3) is 2.31. The maximum Gasteiger partial charge on any atom is 0.343 e. The molecule has 2 heterocycles. The second-order valence-electron chi connectivity index (χ2n) is 5.08. The highest BCUT2D eigenvalue weighted by atomic mass is 32.1. The highest BCUT2D eigenvalue weighted by Gasteiger charge is 2.18. The maximum atomic E-state index is 12.8. The van der Waals surface area contributed by atoms with E-state index in [1.807, 2.05) is 28.1 Å². The van der Waals surface area contributed by atoms with E-state index < -0.39 is 5.97 Å². The Labute approximate surface area is 131 Å². The van der Waals surface area contributed by atoms with E-state index in [-0.39, 0.29) is 17.6 Å². The van der Waals surface area contributed by atoms with Crippen LogP contribution in [0.4, 0.5) is 0 Å². The summed E-state index contributed by atoms with van der Waals surface area (Å²) in [4.78, 5) is 24.9. The fourth-order valence-electron chi connectivity index (χ4n) is 2.68. The fourth-order valence-corrected chi connectivity index (χ4v) is 3.62. The Hall–Kier alpha value is -2.14. The first-order chi connectivity index (χ1) is 10.7. The first kappa shape index (κ1) is 14.8. The molecular weight excluding hydrogens is 298 g/mol. The van der Waals surface area contributed by atoms with Gasteiger partial charge in [-0.05, 0) is 36.2 Å². The average Bonchev–Trinajstić information content (AvgIpc) is 2.98. The number of ether oxygens (including phenoxy) is 1. The summed E-state index contributed by atoms with van der Waals surface area (Å²) in [6.07, 6.45) is 2.55. The number of nitrogens with zero attached hydrogens (tertiary/aromatic N) is 1. The summed E-state index contributed by atoms with van der Waals surface area (Å²) in [6, 6.07) is 5.96. The third-order valence-electron chi connectivity index (χ3n) is 3.63. The van der Waals surface area contributed by atoms with Gasteiger partial charge in [0.1, 0.15) is 5.56 Å². The molecule has 0 bridgehead atoms. The van der Waals surface area contributed by atoms with Crippen molar-refractivity contribution in [3.63, 3.8) is 0 Å². The molecule has 0 atom stereocenters. The third-order valence-corrected chi connectivity index (χ3v) is 4.57. The van der Waals surface area contributed by atoms with Crippen molar-refractivity contribution < 1.29 is 9.53 Å². The maximum absolute atomic E-state index is 12.8. The molecule has 0 N–H and O–H groups in total. The minimum atomic E-state index is -0.548. The minimum absolute atomic E-state index is 0.115. The van der Waals surface area contributed by atoms with Crippen LogP contribution in [-0.2, 0) is 11.3 Å². The zero-order valence-electron chi connectivity index (χ0n) is 12.6. The van der Waals surface area contributed by atoms with Crippen molar-refractivity contribution in [2.75, 3.05) is 6.61 Å². The molecule has 4 nitrogen and oxygen atoms in total. The molecular formula is C17H17NO3S. The lowest BCUT2D eigenvalue weighted by Gasteiger charge is -2.12. The van der Waals surface area contributed by atoms with E-state index >= 15 is 0 Å². The number of aryl methyl sites for hydroxylation is 1. The van der Waals surface area contributed by atoms with Crippen LogP contribution in [0.2, 0.25) is 0 Å². The van der Waals surface area contributed by atoms with Gasteiger partial charge >= 0.3 is 5.97 Å². The summed E-state index contributed by atoms with van der Waals surface area (Å²) in [5, 5.41) is 3.61. The van der Waals surface area contributed by atoms with E-state index in [2.05, 4.69) is 6.92 Å². The van der Waals surface area contributed by atoms with Crippen molar-refractivity contribution in [1.29, 1.82) is 0 Å². The minimum Gasteiger partial charge on any atom is -0.462 e. The number of carbonyl (C=O) groups is 1. The molecule has 3 rings (SSSR count). The summed E-state index contributed by atoms with van der Waals surface area (Å²) >= 11 is 1.53. The normalized spacial score (nSPS) is 11.2. The summed E-state index contributed by atoms with van der Waals surface area (Å²) in [5.41, 5.74) is 0.743. The molecule has 114 valence electrons. The molecule has 2 aromatic heterocycles. The number of pyridine rings is 1. The van der Waals surface area contributed by atoms with E-state index in [1.165, 1.54) is 11.3 Å². The van der Waals surface area contributed by atoms with Crippen LogP contribution in [-0.4, -0.2) is 17.1 Å². The van der Waals surface area contributed by atoms with E-state index in [1.54, 1.807) is 13.1 Å². The highest BCUT2D eigenvalue weighted by Crippen LogP contribution is 2.28. The lowest BCUT2D eigenvalue weighted by Crippen LogP contribution is -2.21. The molecule has 0 amide bonds. The Kier molecular flexibility index (Phi) is 3.98. The van der Waals surface area contributed by atoms with Gasteiger partial charge in [-0.25, -0.2) is 4.79 Å². The van der Waals surface area contributed by atoms with Gasteiger partial charge in [-0.15, -0.1) is 11.3 Å². The molecule has 0 aliphatic rings. The SMILES string of the molecule is CCCn1cc(C(=O)OCC)c(=O)c2c3sccc3ccc21. The summed E-state index contributed by atoms with van der Waals surface area (Å²) in [5.74, 6) is -0.548. The van der Waals surface area contributed by atoms with Crippen LogP contribution in [0.15, 0.2) is 34.6 Å². The Morgan fingerprint density at radius 1 is 1.27 bits per heavy atom. The molecule has 0 fully saturated rings. The van der Waals surface area contributed by atoms with Gasteiger partial charge in [0.15, 0.2) is 0 Å². The van der Waals surface area contributed by atoms with Crippen molar-refractivity contribution >= 4 is 38.3 Å². The quantitative estimate of drug-likeness (QED) is 0.688. The molecule has 22 heavy (non-hydrogen) atoms. The lowest BCUT2D eigenvalue weighted by molar-refractivity contribution is 0.0524. The van der Waals surface area contributed by atoms with Crippen LogP contribution in [0.3, 0.4) is 0 Å². The second kappa shape index (κ2) is 5.93. The lowest BCUT2D eigenvalue weighted by atomic mass is 10.1. The predicted octanol–water partition coefficient (Wildman–Crippen LogP) is 3.80. The Bertz CT molecular complexity index is 907. The van der Waals surface area contributed by atoms with Crippen LogP contribution in [0, 0.1) is 0 Å². The smallest absolute Gasteiger partial charge is 0.343 e. The van der Waals surface area contributed by atoms with E-state index in [0.717, 1.165) is 28.6 Å². The van der Waals surface area contributed by atoms with E-state index in [9.17, 15) is 9.59 Å². The van der Waals surface area contributed by atoms with Crippen LogP contribution < -0.4 is 5.43 Å². The number of fused-ring (bicyclic) bond motifs is 3. The van der Waals surface area contributed by atoms with Crippen LogP contribution >= 0.6 is 11.3 Å². The van der Waals surface area contributed by atoms with Gasteiger partial charge in [0.2, 0.25) is 5.43 Å². The molecule has 0 aliphatic heterocycles. The number of benzene rings is 1. The van der Waals surface area contributed by atoms with Crippen molar-refractivity contribution in [2.45, 2.75) is 26.8 Å². The van der Waals surface area contributed by atoms with Crippen molar-refractivity contribution in [3.05, 3.63) is 45.6 Å². The van der Waals surface area contributed by atoms with Crippen molar-refractivity contribution in [1.82, 2.24) is 4.57 Å². The van der Waals surface area contributed by atoms with E-state index in [0.29, 0.717) is 5.39 Å². The van der Waals surface area contributed by atoms with E-state index in [4.69, 9.17) is 4.74 Å². The van der Waals surface area contributed by atoms with Gasteiger partial charge in [0.25, 0.3) is 0 Å².